The average molecular weight is 498 g/mol. The molecule has 2 saturated heterocycles. The van der Waals surface area contributed by atoms with Crippen molar-refractivity contribution < 1.29 is 19.1 Å². The lowest BCUT2D eigenvalue weighted by Crippen LogP contribution is -2.56. The van der Waals surface area contributed by atoms with E-state index in [1.165, 1.54) is 6.42 Å². The molecular formula is C27H35N3O4S. The summed E-state index contributed by atoms with van der Waals surface area (Å²) in [6.45, 7) is 2.56. The normalized spacial score (nSPS) is 31.6. The first-order valence-corrected chi connectivity index (χ1v) is 14.1. The lowest BCUT2D eigenvalue weighted by molar-refractivity contribution is -0.141. The maximum absolute atomic E-state index is 13.8. The van der Waals surface area contributed by atoms with Gasteiger partial charge in [-0.05, 0) is 43.7 Å². The van der Waals surface area contributed by atoms with E-state index in [-0.39, 0.29) is 23.8 Å². The lowest BCUT2D eigenvalue weighted by atomic mass is 9.74. The highest BCUT2D eigenvalue weighted by atomic mass is 32.2. The number of carbonyl (C=O) groups is 3. The van der Waals surface area contributed by atoms with E-state index in [0.29, 0.717) is 12.2 Å². The minimum absolute atomic E-state index is 0.139. The van der Waals surface area contributed by atoms with Crippen LogP contribution in [0.25, 0.3) is 0 Å². The second kappa shape index (κ2) is 9.97. The van der Waals surface area contributed by atoms with Gasteiger partial charge in [-0.3, -0.25) is 14.4 Å². The zero-order chi connectivity index (χ0) is 24.6. The SMILES string of the molecule is CCCCN1C(=O)[C@H]2[C@H](C(=O)Nc3cccc(SC)c3)[C@H]3C=C[C@@]2(O3)[C@@H]1C(=O)NC1CCCCC1. The zero-order valence-corrected chi connectivity index (χ0v) is 21.3. The van der Waals surface area contributed by atoms with Crippen molar-refractivity contribution in [1.29, 1.82) is 0 Å². The number of carbonyl (C=O) groups excluding carboxylic acids is 3. The van der Waals surface area contributed by atoms with Crippen molar-refractivity contribution in [1.82, 2.24) is 10.2 Å². The predicted molar refractivity (Wildman–Crippen MR) is 136 cm³/mol. The molecule has 0 aromatic heterocycles. The van der Waals surface area contributed by atoms with Crippen LogP contribution in [-0.2, 0) is 19.1 Å². The Hall–Kier alpha value is -2.32. The average Bonchev–Trinajstić information content (AvgIpc) is 3.50. The van der Waals surface area contributed by atoms with Crippen LogP contribution in [0, 0.1) is 11.8 Å². The molecule has 0 unspecified atom stereocenters. The highest BCUT2D eigenvalue weighted by Crippen LogP contribution is 2.55. The molecule has 3 heterocycles. The van der Waals surface area contributed by atoms with Gasteiger partial charge in [-0.15, -0.1) is 11.8 Å². The fraction of sp³-hybridized carbons (Fsp3) is 0.593. The van der Waals surface area contributed by atoms with E-state index >= 15 is 0 Å². The standard InChI is InChI=1S/C27H35N3O4S/c1-3-4-15-30-23(25(32)28-17-9-6-5-7-10-17)27-14-13-20(34-27)21(22(27)26(30)33)24(31)29-18-11-8-12-19(16-18)35-2/h8,11-14,16-17,20-23H,3-7,9-10,15H2,1-2H3,(H,28,32)(H,29,31)/t20-,21-,22-,23+,27+/m1/s1. The molecule has 1 aromatic rings. The quantitative estimate of drug-likeness (QED) is 0.422. The van der Waals surface area contributed by atoms with E-state index in [0.717, 1.165) is 43.4 Å². The van der Waals surface area contributed by atoms with Gasteiger partial charge in [-0.25, -0.2) is 0 Å². The molecule has 8 heteroatoms. The Kier molecular flexibility index (Phi) is 6.95. The van der Waals surface area contributed by atoms with Crippen LogP contribution in [0.5, 0.6) is 0 Å². The summed E-state index contributed by atoms with van der Waals surface area (Å²) in [6, 6.07) is 7.06. The van der Waals surface area contributed by atoms with Crippen LogP contribution in [0.2, 0.25) is 0 Å². The fourth-order valence-corrected chi connectivity index (χ4v) is 6.75. The van der Waals surface area contributed by atoms with Crippen LogP contribution in [0.4, 0.5) is 5.69 Å². The van der Waals surface area contributed by atoms with E-state index in [1.807, 2.05) is 42.7 Å². The number of ether oxygens (including phenoxy) is 1. The van der Waals surface area contributed by atoms with Gasteiger partial charge in [0.25, 0.3) is 0 Å². The number of hydrogen-bond donors (Lipinski definition) is 2. The van der Waals surface area contributed by atoms with E-state index in [2.05, 4.69) is 17.6 Å². The van der Waals surface area contributed by atoms with Crippen LogP contribution >= 0.6 is 11.8 Å². The molecule has 1 saturated carbocycles. The maximum atomic E-state index is 13.8. The largest absolute Gasteiger partial charge is 0.359 e. The molecule has 2 bridgehead atoms. The van der Waals surface area contributed by atoms with Gasteiger partial charge in [0.1, 0.15) is 11.6 Å². The fourth-order valence-electron chi connectivity index (χ4n) is 6.29. The Balaban J connectivity index is 1.41. The van der Waals surface area contributed by atoms with Crippen molar-refractivity contribution in [3.63, 3.8) is 0 Å². The summed E-state index contributed by atoms with van der Waals surface area (Å²) < 4.78 is 6.40. The van der Waals surface area contributed by atoms with Crippen LogP contribution < -0.4 is 10.6 Å². The predicted octanol–water partition coefficient (Wildman–Crippen LogP) is 3.75. The summed E-state index contributed by atoms with van der Waals surface area (Å²) in [5.74, 6) is -1.89. The van der Waals surface area contributed by atoms with E-state index in [4.69, 9.17) is 4.74 Å². The summed E-state index contributed by atoms with van der Waals surface area (Å²) in [5.41, 5.74) is -0.389. The highest BCUT2D eigenvalue weighted by molar-refractivity contribution is 7.98. The third-order valence-corrected chi connectivity index (χ3v) is 8.69. The Morgan fingerprint density at radius 2 is 2.00 bits per heavy atom. The zero-order valence-electron chi connectivity index (χ0n) is 20.5. The Morgan fingerprint density at radius 3 is 2.74 bits per heavy atom. The van der Waals surface area contributed by atoms with Gasteiger partial charge in [0.2, 0.25) is 17.7 Å². The van der Waals surface area contributed by atoms with Crippen LogP contribution in [0.1, 0.15) is 51.9 Å². The molecule has 3 amide bonds. The van der Waals surface area contributed by atoms with Crippen molar-refractivity contribution in [2.45, 2.75) is 80.6 Å². The number of nitrogens with zero attached hydrogens (tertiary/aromatic N) is 1. The molecule has 1 aromatic carbocycles. The van der Waals surface area contributed by atoms with Gasteiger partial charge < -0.3 is 20.3 Å². The minimum atomic E-state index is -1.09. The number of amides is 3. The molecule has 35 heavy (non-hydrogen) atoms. The molecule has 5 rings (SSSR count). The number of likely N-dealkylation sites (tertiary alicyclic amines) is 1. The first-order valence-electron chi connectivity index (χ1n) is 12.9. The van der Waals surface area contributed by atoms with Gasteiger partial charge in [0, 0.05) is 23.2 Å². The summed E-state index contributed by atoms with van der Waals surface area (Å²) in [6.07, 6.45) is 12.3. The van der Waals surface area contributed by atoms with E-state index in [1.54, 1.807) is 16.7 Å². The van der Waals surface area contributed by atoms with Crippen molar-refractivity contribution >= 4 is 35.2 Å². The van der Waals surface area contributed by atoms with Gasteiger partial charge in [0.15, 0.2) is 0 Å². The third kappa shape index (κ3) is 4.29. The molecule has 5 atom stereocenters. The number of rotatable bonds is 8. The molecule has 7 nitrogen and oxygen atoms in total. The van der Waals surface area contributed by atoms with Gasteiger partial charge in [-0.1, -0.05) is 50.8 Å². The second-order valence-corrected chi connectivity index (χ2v) is 11.0. The molecule has 3 aliphatic heterocycles. The number of thioether (sulfide) groups is 1. The van der Waals surface area contributed by atoms with Crippen LogP contribution in [-0.4, -0.2) is 59.2 Å². The number of anilines is 1. The van der Waals surface area contributed by atoms with Gasteiger partial charge in [-0.2, -0.15) is 0 Å². The van der Waals surface area contributed by atoms with E-state index < -0.39 is 29.6 Å². The maximum Gasteiger partial charge on any atom is 0.246 e. The first kappa shape index (κ1) is 24.4. The molecule has 0 radical (unpaired) electrons. The van der Waals surface area contributed by atoms with Crippen LogP contribution in [0.3, 0.4) is 0 Å². The number of benzene rings is 1. The monoisotopic (exact) mass is 497 g/mol. The lowest BCUT2D eigenvalue weighted by Gasteiger charge is -2.34. The van der Waals surface area contributed by atoms with Gasteiger partial charge >= 0.3 is 0 Å². The van der Waals surface area contributed by atoms with Crippen LogP contribution in [0.15, 0.2) is 41.3 Å². The molecule has 188 valence electrons. The topological polar surface area (TPSA) is 87.7 Å². The summed E-state index contributed by atoms with van der Waals surface area (Å²) in [7, 11) is 0. The van der Waals surface area contributed by atoms with Gasteiger partial charge in [0.05, 0.1) is 17.9 Å². The summed E-state index contributed by atoms with van der Waals surface area (Å²) in [5, 5.41) is 6.23. The number of hydrogen-bond acceptors (Lipinski definition) is 5. The smallest absolute Gasteiger partial charge is 0.246 e. The minimum Gasteiger partial charge on any atom is -0.359 e. The Morgan fingerprint density at radius 1 is 1.20 bits per heavy atom. The first-order chi connectivity index (χ1) is 17.0. The van der Waals surface area contributed by atoms with Crippen molar-refractivity contribution in [2.24, 2.45) is 11.8 Å². The third-order valence-electron chi connectivity index (χ3n) is 7.97. The molecule has 4 aliphatic rings. The number of unbranched alkanes of at least 4 members (excludes halogenated alkanes) is 1. The van der Waals surface area contributed by atoms with Crippen molar-refractivity contribution in [3.8, 4) is 0 Å². The van der Waals surface area contributed by atoms with Crippen molar-refractivity contribution in [2.75, 3.05) is 18.1 Å². The number of nitrogens with one attached hydrogen (secondary N) is 2. The summed E-state index contributed by atoms with van der Waals surface area (Å²) in [4.78, 5) is 43.7. The molecular weight excluding hydrogens is 462 g/mol. The highest BCUT2D eigenvalue weighted by Gasteiger charge is 2.72. The van der Waals surface area contributed by atoms with Crippen molar-refractivity contribution in [3.05, 3.63) is 36.4 Å². The second-order valence-electron chi connectivity index (χ2n) is 10.2. The summed E-state index contributed by atoms with van der Waals surface area (Å²) >= 11 is 1.60. The van der Waals surface area contributed by atoms with E-state index in [9.17, 15) is 14.4 Å². The Labute approximate surface area is 211 Å². The molecule has 2 N–H and O–H groups in total. The Bertz CT molecular complexity index is 1020. The molecule has 3 fully saturated rings. The number of fused-ring (bicyclic) bond motifs is 1. The molecule has 1 aliphatic carbocycles. The molecule has 1 spiro atoms.